The summed E-state index contributed by atoms with van der Waals surface area (Å²) in [7, 11) is 0. The number of rotatable bonds is 3. The lowest BCUT2D eigenvalue weighted by Gasteiger charge is -2.35. The molecular weight excluding hydrogens is 315 g/mol. The normalized spacial score (nSPS) is 23.4. The third kappa shape index (κ3) is 4.24. The van der Waals surface area contributed by atoms with Gasteiger partial charge in [0.05, 0.1) is 5.54 Å². The Morgan fingerprint density at radius 3 is 2.52 bits per heavy atom. The lowest BCUT2D eigenvalue weighted by atomic mass is 9.81. The summed E-state index contributed by atoms with van der Waals surface area (Å²) in [6.07, 6.45) is 6.89. The third-order valence-electron chi connectivity index (χ3n) is 5.18. The van der Waals surface area contributed by atoms with Crippen LogP contribution >= 0.6 is 12.4 Å². The van der Waals surface area contributed by atoms with Gasteiger partial charge in [-0.2, -0.15) is 0 Å². The van der Waals surface area contributed by atoms with Crippen LogP contribution in [0, 0.1) is 11.7 Å². The van der Waals surface area contributed by atoms with Gasteiger partial charge in [-0.25, -0.2) is 4.39 Å². The molecule has 1 aliphatic heterocycles. The number of nitrogens with zero attached hydrogens (tertiary/aromatic N) is 1. The number of hydrogen-bond acceptors (Lipinski definition) is 2. The van der Waals surface area contributed by atoms with Crippen LogP contribution in [0.15, 0.2) is 24.3 Å². The number of amides is 1. The van der Waals surface area contributed by atoms with E-state index in [0.29, 0.717) is 5.92 Å². The van der Waals surface area contributed by atoms with Gasteiger partial charge in [-0.15, -0.1) is 12.4 Å². The van der Waals surface area contributed by atoms with Gasteiger partial charge >= 0.3 is 0 Å². The molecule has 1 saturated heterocycles. The van der Waals surface area contributed by atoms with Crippen LogP contribution in [0.25, 0.3) is 0 Å². The first-order chi connectivity index (χ1) is 10.6. The molecule has 0 aromatic heterocycles. The molecule has 2 aliphatic rings. The molecule has 1 atom stereocenters. The summed E-state index contributed by atoms with van der Waals surface area (Å²) in [5.41, 5.74) is 6.88. The smallest absolute Gasteiger partial charge is 0.242 e. The predicted molar refractivity (Wildman–Crippen MR) is 92.0 cm³/mol. The van der Waals surface area contributed by atoms with Crippen LogP contribution in [0.1, 0.15) is 44.1 Å². The third-order valence-corrected chi connectivity index (χ3v) is 5.18. The van der Waals surface area contributed by atoms with Crippen LogP contribution in [0.4, 0.5) is 4.39 Å². The Hall–Kier alpha value is -1.13. The van der Waals surface area contributed by atoms with Crippen molar-refractivity contribution >= 4 is 18.3 Å². The highest BCUT2D eigenvalue weighted by molar-refractivity contribution is 5.86. The molecular formula is C18H26ClFN2O. The maximum Gasteiger partial charge on any atom is 0.242 e. The van der Waals surface area contributed by atoms with Crippen molar-refractivity contribution < 1.29 is 9.18 Å². The average Bonchev–Trinajstić information content (AvgIpc) is 2.98. The molecule has 1 aliphatic carbocycles. The predicted octanol–water partition coefficient (Wildman–Crippen LogP) is 3.30. The molecule has 2 N–H and O–H groups in total. The number of carbonyl (C=O) groups excluding carboxylic acids is 1. The Balaban J connectivity index is 0.00000192. The van der Waals surface area contributed by atoms with Crippen molar-refractivity contribution in [1.29, 1.82) is 0 Å². The zero-order valence-electron chi connectivity index (χ0n) is 13.5. The summed E-state index contributed by atoms with van der Waals surface area (Å²) in [5.74, 6) is 0.407. The van der Waals surface area contributed by atoms with E-state index >= 15 is 0 Å². The Kier molecular flexibility index (Phi) is 6.04. The second kappa shape index (κ2) is 7.63. The topological polar surface area (TPSA) is 46.3 Å². The van der Waals surface area contributed by atoms with Crippen molar-refractivity contribution in [3.63, 3.8) is 0 Å². The largest absolute Gasteiger partial charge is 0.341 e. The molecule has 3 nitrogen and oxygen atoms in total. The number of carbonyl (C=O) groups is 1. The van der Waals surface area contributed by atoms with E-state index in [2.05, 4.69) is 0 Å². The number of nitrogens with two attached hydrogens (primary N) is 1. The summed E-state index contributed by atoms with van der Waals surface area (Å²) in [4.78, 5) is 14.7. The molecule has 1 unspecified atom stereocenters. The van der Waals surface area contributed by atoms with Crippen LogP contribution in [0.3, 0.4) is 0 Å². The van der Waals surface area contributed by atoms with Gasteiger partial charge in [-0.3, -0.25) is 4.79 Å². The van der Waals surface area contributed by atoms with Crippen LogP contribution < -0.4 is 5.73 Å². The van der Waals surface area contributed by atoms with Crippen molar-refractivity contribution in [2.24, 2.45) is 11.7 Å². The Bertz CT molecular complexity index is 528. The summed E-state index contributed by atoms with van der Waals surface area (Å²) >= 11 is 0. The zero-order chi connectivity index (χ0) is 15.6. The summed E-state index contributed by atoms with van der Waals surface area (Å²) in [6.45, 7) is 1.60. The van der Waals surface area contributed by atoms with Crippen LogP contribution in [-0.4, -0.2) is 29.4 Å². The van der Waals surface area contributed by atoms with Gasteiger partial charge in [-0.05, 0) is 49.3 Å². The van der Waals surface area contributed by atoms with Gasteiger partial charge in [0.25, 0.3) is 0 Å². The first-order valence-corrected chi connectivity index (χ1v) is 8.39. The highest BCUT2D eigenvalue weighted by atomic mass is 35.5. The van der Waals surface area contributed by atoms with Crippen LogP contribution in [-0.2, 0) is 11.2 Å². The molecule has 2 fully saturated rings. The molecule has 23 heavy (non-hydrogen) atoms. The molecule has 128 valence electrons. The summed E-state index contributed by atoms with van der Waals surface area (Å²) < 4.78 is 12.9. The lowest BCUT2D eigenvalue weighted by molar-refractivity contribution is -0.137. The molecule has 1 amide bonds. The highest BCUT2D eigenvalue weighted by Gasteiger charge is 2.40. The fraction of sp³-hybridized carbons (Fsp3) is 0.611. The Labute approximate surface area is 143 Å². The number of halogens is 2. The highest BCUT2D eigenvalue weighted by Crippen LogP contribution is 2.30. The molecule has 1 saturated carbocycles. The number of likely N-dealkylation sites (tertiary alicyclic amines) is 1. The van der Waals surface area contributed by atoms with Gasteiger partial charge in [-0.1, -0.05) is 31.4 Å². The van der Waals surface area contributed by atoms with E-state index in [-0.39, 0.29) is 24.1 Å². The molecule has 1 aromatic carbocycles. The van der Waals surface area contributed by atoms with E-state index in [4.69, 9.17) is 5.73 Å². The van der Waals surface area contributed by atoms with E-state index in [1.54, 1.807) is 0 Å². The molecule has 0 radical (unpaired) electrons. The molecule has 5 heteroatoms. The van der Waals surface area contributed by atoms with Crippen molar-refractivity contribution in [3.8, 4) is 0 Å². The second-order valence-electron chi connectivity index (χ2n) is 6.95. The standard InChI is InChI=1S/C18H25FN2O.ClH/c19-16-6-4-14(5-7-16)12-15-8-11-21(13-15)17(22)18(20)9-2-1-3-10-18;/h4-7,15H,1-3,8-13,20H2;1H. The van der Waals surface area contributed by atoms with E-state index in [9.17, 15) is 9.18 Å². The van der Waals surface area contributed by atoms with E-state index in [1.165, 1.54) is 18.6 Å². The van der Waals surface area contributed by atoms with Crippen molar-refractivity contribution in [1.82, 2.24) is 4.90 Å². The van der Waals surface area contributed by atoms with Crippen molar-refractivity contribution in [2.75, 3.05) is 13.1 Å². The summed E-state index contributed by atoms with van der Waals surface area (Å²) in [5, 5.41) is 0. The molecule has 1 aromatic rings. The van der Waals surface area contributed by atoms with Crippen molar-refractivity contribution in [3.05, 3.63) is 35.6 Å². The molecule has 0 spiro atoms. The van der Waals surface area contributed by atoms with Gasteiger partial charge in [0.15, 0.2) is 0 Å². The Morgan fingerprint density at radius 2 is 1.87 bits per heavy atom. The monoisotopic (exact) mass is 340 g/mol. The fourth-order valence-electron chi connectivity index (χ4n) is 3.85. The van der Waals surface area contributed by atoms with Gasteiger partial charge < -0.3 is 10.6 Å². The van der Waals surface area contributed by atoms with E-state index < -0.39 is 5.54 Å². The van der Waals surface area contributed by atoms with Gasteiger partial charge in [0.2, 0.25) is 5.91 Å². The fourth-order valence-corrected chi connectivity index (χ4v) is 3.85. The zero-order valence-corrected chi connectivity index (χ0v) is 14.3. The SMILES string of the molecule is Cl.NC1(C(=O)N2CCC(Cc3ccc(F)cc3)C2)CCCCC1. The summed E-state index contributed by atoms with van der Waals surface area (Å²) in [6, 6.07) is 6.69. The first kappa shape index (κ1) is 18.2. The number of hydrogen-bond donors (Lipinski definition) is 1. The molecule has 1 heterocycles. The van der Waals surface area contributed by atoms with E-state index in [0.717, 1.165) is 57.2 Å². The first-order valence-electron chi connectivity index (χ1n) is 8.39. The minimum absolute atomic E-state index is 0. The second-order valence-corrected chi connectivity index (χ2v) is 6.95. The molecule has 0 bridgehead atoms. The maximum atomic E-state index is 12.9. The molecule has 3 rings (SSSR count). The van der Waals surface area contributed by atoms with Crippen molar-refractivity contribution in [2.45, 2.75) is 50.5 Å². The maximum absolute atomic E-state index is 12.9. The minimum Gasteiger partial charge on any atom is -0.341 e. The Morgan fingerprint density at radius 1 is 1.22 bits per heavy atom. The number of benzene rings is 1. The van der Waals surface area contributed by atoms with E-state index in [1.807, 2.05) is 17.0 Å². The minimum atomic E-state index is -0.622. The lowest BCUT2D eigenvalue weighted by Crippen LogP contribution is -2.55. The van der Waals surface area contributed by atoms with Gasteiger partial charge in [0, 0.05) is 13.1 Å². The average molecular weight is 341 g/mol. The van der Waals surface area contributed by atoms with Gasteiger partial charge in [0.1, 0.15) is 5.82 Å². The quantitative estimate of drug-likeness (QED) is 0.917. The van der Waals surface area contributed by atoms with Crippen LogP contribution in [0.5, 0.6) is 0 Å². The van der Waals surface area contributed by atoms with Crippen LogP contribution in [0.2, 0.25) is 0 Å².